The number of hydrogen-bond donors (Lipinski definition) is 0. The van der Waals surface area contributed by atoms with Crippen molar-refractivity contribution in [1.82, 2.24) is 14.1 Å². The maximum atomic E-state index is 12.0. The second kappa shape index (κ2) is 6.53. The lowest BCUT2D eigenvalue weighted by molar-refractivity contribution is -0.141. The summed E-state index contributed by atoms with van der Waals surface area (Å²) in [7, 11) is -1.97. The SMILES string of the molecule is CC(C)C(=O)N1CCN(C(=O)CN(C)S(C)(=O)=O)CC1. The number of nitrogens with zero attached hydrogens (tertiary/aromatic N) is 3. The first kappa shape index (κ1) is 16.9. The van der Waals surface area contributed by atoms with Gasteiger partial charge in [-0.3, -0.25) is 9.59 Å². The van der Waals surface area contributed by atoms with Gasteiger partial charge in [0.05, 0.1) is 12.8 Å². The van der Waals surface area contributed by atoms with Gasteiger partial charge in [-0.25, -0.2) is 8.42 Å². The lowest BCUT2D eigenvalue weighted by Crippen LogP contribution is -2.53. The summed E-state index contributed by atoms with van der Waals surface area (Å²) in [5.74, 6) is -0.187. The van der Waals surface area contributed by atoms with Gasteiger partial charge >= 0.3 is 0 Å². The van der Waals surface area contributed by atoms with Gasteiger partial charge in [-0.2, -0.15) is 4.31 Å². The fourth-order valence-corrected chi connectivity index (χ4v) is 2.29. The zero-order valence-corrected chi connectivity index (χ0v) is 13.3. The minimum Gasteiger partial charge on any atom is -0.339 e. The first-order valence-electron chi connectivity index (χ1n) is 6.60. The Morgan fingerprint density at radius 3 is 1.95 bits per heavy atom. The summed E-state index contributed by atoms with van der Waals surface area (Å²) in [6, 6.07) is 0. The van der Waals surface area contributed by atoms with Gasteiger partial charge in [0.1, 0.15) is 0 Å². The number of amides is 2. The van der Waals surface area contributed by atoms with Crippen LogP contribution in [0.25, 0.3) is 0 Å². The Balaban J connectivity index is 2.49. The van der Waals surface area contributed by atoms with Crippen molar-refractivity contribution in [3.8, 4) is 0 Å². The molecule has 0 atom stereocenters. The van der Waals surface area contributed by atoms with E-state index >= 15 is 0 Å². The molecule has 0 aromatic rings. The number of piperazine rings is 1. The van der Waals surface area contributed by atoms with E-state index in [-0.39, 0.29) is 24.3 Å². The van der Waals surface area contributed by atoms with Crippen molar-refractivity contribution in [2.75, 3.05) is 46.0 Å². The van der Waals surface area contributed by atoms with Crippen LogP contribution >= 0.6 is 0 Å². The summed E-state index contributed by atoms with van der Waals surface area (Å²) >= 11 is 0. The molecule has 1 heterocycles. The van der Waals surface area contributed by atoms with Crippen molar-refractivity contribution in [3.63, 3.8) is 0 Å². The van der Waals surface area contributed by atoms with Gasteiger partial charge in [-0.05, 0) is 0 Å². The molecular weight excluding hydrogens is 282 g/mol. The smallest absolute Gasteiger partial charge is 0.238 e. The number of carbonyl (C=O) groups excluding carboxylic acids is 2. The second-order valence-corrected chi connectivity index (χ2v) is 7.47. The lowest BCUT2D eigenvalue weighted by Gasteiger charge is -2.36. The molecule has 1 saturated heterocycles. The molecule has 1 fully saturated rings. The van der Waals surface area contributed by atoms with Gasteiger partial charge in [0, 0.05) is 39.1 Å². The molecular formula is C12H23N3O4S. The number of rotatable bonds is 4. The van der Waals surface area contributed by atoms with Gasteiger partial charge in [-0.1, -0.05) is 13.8 Å². The zero-order valence-electron chi connectivity index (χ0n) is 12.5. The Bertz CT molecular complexity index is 467. The molecule has 0 aliphatic carbocycles. The first-order valence-corrected chi connectivity index (χ1v) is 8.45. The summed E-state index contributed by atoms with van der Waals surface area (Å²) in [5, 5.41) is 0. The molecule has 0 unspecified atom stereocenters. The average Bonchev–Trinajstić information content (AvgIpc) is 2.36. The zero-order chi connectivity index (χ0) is 15.5. The van der Waals surface area contributed by atoms with Crippen LogP contribution in [0, 0.1) is 5.92 Å². The van der Waals surface area contributed by atoms with E-state index in [9.17, 15) is 18.0 Å². The quantitative estimate of drug-likeness (QED) is 0.681. The predicted octanol–water partition coefficient (Wildman–Crippen LogP) is -0.795. The highest BCUT2D eigenvalue weighted by atomic mass is 32.2. The van der Waals surface area contributed by atoms with Crippen LogP contribution in [-0.2, 0) is 19.6 Å². The molecule has 0 aromatic heterocycles. The Labute approximate surface area is 120 Å². The van der Waals surface area contributed by atoms with Crippen LogP contribution < -0.4 is 0 Å². The monoisotopic (exact) mass is 305 g/mol. The molecule has 0 N–H and O–H groups in total. The summed E-state index contributed by atoms with van der Waals surface area (Å²) in [6.45, 7) is 5.46. The Morgan fingerprint density at radius 1 is 1.10 bits per heavy atom. The van der Waals surface area contributed by atoms with E-state index in [0.29, 0.717) is 26.2 Å². The summed E-state index contributed by atoms with van der Waals surface area (Å²) in [4.78, 5) is 27.1. The van der Waals surface area contributed by atoms with Crippen LogP contribution in [-0.4, -0.2) is 80.4 Å². The maximum Gasteiger partial charge on any atom is 0.238 e. The van der Waals surface area contributed by atoms with E-state index in [2.05, 4.69) is 0 Å². The lowest BCUT2D eigenvalue weighted by atomic mass is 10.1. The summed E-state index contributed by atoms with van der Waals surface area (Å²) in [5.41, 5.74) is 0. The molecule has 0 radical (unpaired) electrons. The fourth-order valence-electron chi connectivity index (χ4n) is 1.95. The summed E-state index contributed by atoms with van der Waals surface area (Å²) in [6.07, 6.45) is 1.07. The topological polar surface area (TPSA) is 78.0 Å². The minimum absolute atomic E-state index is 0.0476. The molecule has 0 saturated carbocycles. The molecule has 1 rings (SSSR count). The number of sulfonamides is 1. The molecule has 1 aliphatic rings. The molecule has 20 heavy (non-hydrogen) atoms. The van der Waals surface area contributed by atoms with Gasteiger partial charge in [0.2, 0.25) is 21.8 Å². The van der Waals surface area contributed by atoms with Gasteiger partial charge in [0.15, 0.2) is 0 Å². The van der Waals surface area contributed by atoms with E-state index in [4.69, 9.17) is 0 Å². The second-order valence-electron chi connectivity index (χ2n) is 5.38. The third-order valence-electron chi connectivity index (χ3n) is 3.36. The molecule has 2 amide bonds. The normalized spacial score (nSPS) is 16.9. The van der Waals surface area contributed by atoms with Crippen molar-refractivity contribution >= 4 is 21.8 Å². The van der Waals surface area contributed by atoms with Crippen LogP contribution in [0.5, 0.6) is 0 Å². The Kier molecular flexibility index (Phi) is 5.52. The minimum atomic E-state index is -3.35. The highest BCUT2D eigenvalue weighted by Gasteiger charge is 2.26. The van der Waals surface area contributed by atoms with Crippen LogP contribution in [0.2, 0.25) is 0 Å². The number of likely N-dealkylation sites (N-methyl/N-ethyl adjacent to an activating group) is 1. The predicted molar refractivity (Wildman–Crippen MR) is 75.5 cm³/mol. The molecule has 0 aromatic carbocycles. The largest absolute Gasteiger partial charge is 0.339 e. The number of carbonyl (C=O) groups is 2. The van der Waals surface area contributed by atoms with Crippen LogP contribution in [0.4, 0.5) is 0 Å². The molecule has 1 aliphatic heterocycles. The van der Waals surface area contributed by atoms with E-state index in [1.807, 2.05) is 13.8 Å². The van der Waals surface area contributed by atoms with Crippen molar-refractivity contribution < 1.29 is 18.0 Å². The van der Waals surface area contributed by atoms with Crippen LogP contribution in [0.15, 0.2) is 0 Å². The average molecular weight is 305 g/mol. The van der Waals surface area contributed by atoms with Crippen LogP contribution in [0.1, 0.15) is 13.8 Å². The highest BCUT2D eigenvalue weighted by molar-refractivity contribution is 7.88. The molecule has 116 valence electrons. The first-order chi connectivity index (χ1) is 9.12. The Hall–Kier alpha value is -1.15. The highest BCUT2D eigenvalue weighted by Crippen LogP contribution is 2.08. The van der Waals surface area contributed by atoms with Gasteiger partial charge < -0.3 is 9.80 Å². The number of hydrogen-bond acceptors (Lipinski definition) is 4. The van der Waals surface area contributed by atoms with Gasteiger partial charge in [0.25, 0.3) is 0 Å². The van der Waals surface area contributed by atoms with Gasteiger partial charge in [-0.15, -0.1) is 0 Å². The van der Waals surface area contributed by atoms with E-state index in [0.717, 1.165) is 10.6 Å². The molecule has 0 spiro atoms. The molecule has 7 nitrogen and oxygen atoms in total. The molecule has 0 bridgehead atoms. The third kappa shape index (κ3) is 4.45. The van der Waals surface area contributed by atoms with Crippen molar-refractivity contribution in [2.45, 2.75) is 13.8 Å². The van der Waals surface area contributed by atoms with E-state index < -0.39 is 10.0 Å². The fraction of sp³-hybridized carbons (Fsp3) is 0.833. The van der Waals surface area contributed by atoms with Crippen molar-refractivity contribution in [3.05, 3.63) is 0 Å². The maximum absolute atomic E-state index is 12.0. The van der Waals surface area contributed by atoms with Crippen molar-refractivity contribution in [2.24, 2.45) is 5.92 Å². The van der Waals surface area contributed by atoms with E-state index in [1.54, 1.807) is 9.80 Å². The standard InChI is InChI=1S/C12H23N3O4S/c1-10(2)12(17)15-7-5-14(6-8-15)11(16)9-13(3)20(4,18)19/h10H,5-9H2,1-4H3. The van der Waals surface area contributed by atoms with Crippen molar-refractivity contribution in [1.29, 1.82) is 0 Å². The Morgan fingerprint density at radius 2 is 1.55 bits per heavy atom. The third-order valence-corrected chi connectivity index (χ3v) is 4.62. The van der Waals surface area contributed by atoms with E-state index in [1.165, 1.54) is 7.05 Å². The van der Waals surface area contributed by atoms with Crippen LogP contribution in [0.3, 0.4) is 0 Å². The summed E-state index contributed by atoms with van der Waals surface area (Å²) < 4.78 is 23.6. The molecule has 8 heteroatoms.